The quantitative estimate of drug-likeness (QED) is 0.717. The number of rotatable bonds is 2. The maximum atomic E-state index is 5.00. The molecule has 68 valence electrons. The molecule has 2 rings (SSSR count). The lowest BCUT2D eigenvalue weighted by molar-refractivity contribution is 0.366. The van der Waals surface area contributed by atoms with Gasteiger partial charge in [0.1, 0.15) is 6.54 Å². The molecule has 0 fully saturated rings. The number of tetrazole rings is 1. The number of nitrogens with one attached hydrogen (secondary N) is 1. The van der Waals surface area contributed by atoms with Crippen LogP contribution in [0, 0.1) is 11.7 Å². The number of aromatic amines is 1. The van der Waals surface area contributed by atoms with Gasteiger partial charge in [0, 0.05) is 6.07 Å². The van der Waals surface area contributed by atoms with E-state index in [1.807, 2.05) is 13.0 Å². The minimum Gasteiger partial charge on any atom is -0.359 e. The van der Waals surface area contributed by atoms with Crippen LogP contribution in [0.3, 0.4) is 0 Å². The molecule has 0 saturated heterocycles. The minimum absolute atomic E-state index is 0.397. The second-order valence-electron chi connectivity index (χ2n) is 2.60. The van der Waals surface area contributed by atoms with E-state index in [-0.39, 0.29) is 0 Å². The highest BCUT2D eigenvalue weighted by molar-refractivity contribution is 7.71. The van der Waals surface area contributed by atoms with Crippen molar-refractivity contribution < 1.29 is 4.52 Å². The van der Waals surface area contributed by atoms with Crippen LogP contribution in [-0.4, -0.2) is 25.4 Å². The molecule has 0 amide bonds. The van der Waals surface area contributed by atoms with Crippen LogP contribution >= 0.6 is 12.2 Å². The lowest BCUT2D eigenvalue weighted by Gasteiger charge is -1.93. The fourth-order valence-electron chi connectivity index (χ4n) is 0.966. The topological polar surface area (TPSA) is 72.5 Å². The average Bonchev–Trinajstić information content (AvgIpc) is 2.64. The van der Waals surface area contributed by atoms with Crippen molar-refractivity contribution in [1.29, 1.82) is 0 Å². The van der Waals surface area contributed by atoms with Gasteiger partial charge in [0.2, 0.25) is 4.77 Å². The zero-order valence-electron chi connectivity index (χ0n) is 6.89. The van der Waals surface area contributed by atoms with Gasteiger partial charge in [0.25, 0.3) is 0 Å². The summed E-state index contributed by atoms with van der Waals surface area (Å²) in [6, 6.07) is 1.84. The van der Waals surface area contributed by atoms with E-state index in [1.165, 1.54) is 0 Å². The number of hydrogen-bond donors (Lipinski definition) is 1. The molecular weight excluding hydrogens is 190 g/mol. The number of nitrogens with zero attached hydrogens (tertiary/aromatic N) is 4. The Morgan fingerprint density at radius 2 is 2.54 bits per heavy atom. The monoisotopic (exact) mass is 197 g/mol. The lowest BCUT2D eigenvalue weighted by atomic mass is 10.4. The molecule has 2 heterocycles. The van der Waals surface area contributed by atoms with E-state index in [1.54, 1.807) is 4.68 Å². The molecule has 0 aliphatic rings. The molecular formula is C6H7N5OS. The summed E-state index contributed by atoms with van der Waals surface area (Å²) < 4.78 is 6.99. The van der Waals surface area contributed by atoms with E-state index in [2.05, 4.69) is 20.7 Å². The van der Waals surface area contributed by atoms with Crippen LogP contribution in [0.4, 0.5) is 0 Å². The second-order valence-corrected chi connectivity index (χ2v) is 2.97. The molecule has 0 radical (unpaired) electrons. The molecule has 0 atom stereocenters. The van der Waals surface area contributed by atoms with E-state index in [4.69, 9.17) is 16.7 Å². The standard InChI is InChI=1S/C6H7N5OS/c1-4-2-5(12-8-4)3-11-6(13)7-9-10-11/h2H,3H2,1H3,(H,7,10,13). The average molecular weight is 197 g/mol. The van der Waals surface area contributed by atoms with Gasteiger partial charge in [-0.15, -0.1) is 0 Å². The van der Waals surface area contributed by atoms with Crippen LogP contribution in [0.25, 0.3) is 0 Å². The molecule has 13 heavy (non-hydrogen) atoms. The maximum absolute atomic E-state index is 5.00. The lowest BCUT2D eigenvalue weighted by Crippen LogP contribution is -2.00. The SMILES string of the molecule is Cc1cc(Cn2[nH]nnc2=S)on1. The van der Waals surface area contributed by atoms with Crippen molar-refractivity contribution in [2.24, 2.45) is 0 Å². The van der Waals surface area contributed by atoms with Crippen LogP contribution in [0.1, 0.15) is 11.5 Å². The zero-order chi connectivity index (χ0) is 9.26. The summed E-state index contributed by atoms with van der Waals surface area (Å²) in [7, 11) is 0. The van der Waals surface area contributed by atoms with Crippen molar-refractivity contribution in [2.75, 3.05) is 0 Å². The Morgan fingerprint density at radius 1 is 1.69 bits per heavy atom. The summed E-state index contributed by atoms with van der Waals surface area (Å²) >= 11 is 4.89. The predicted molar refractivity (Wildman–Crippen MR) is 45.5 cm³/mol. The highest BCUT2D eigenvalue weighted by Gasteiger charge is 2.02. The van der Waals surface area contributed by atoms with Crippen molar-refractivity contribution in [3.63, 3.8) is 0 Å². The Labute approximate surface area is 78.5 Å². The first-order valence-corrected chi connectivity index (χ1v) is 4.06. The molecule has 0 bridgehead atoms. The molecule has 0 unspecified atom stereocenters. The first-order chi connectivity index (χ1) is 6.25. The Balaban J connectivity index is 2.24. The molecule has 0 saturated carbocycles. The van der Waals surface area contributed by atoms with Gasteiger partial charge < -0.3 is 4.52 Å². The number of aromatic nitrogens is 5. The molecule has 7 heteroatoms. The summed E-state index contributed by atoms with van der Waals surface area (Å²) in [5.41, 5.74) is 0.842. The summed E-state index contributed by atoms with van der Waals surface area (Å²) in [4.78, 5) is 0. The van der Waals surface area contributed by atoms with Crippen molar-refractivity contribution in [3.8, 4) is 0 Å². The Morgan fingerprint density at radius 3 is 3.08 bits per heavy atom. The van der Waals surface area contributed by atoms with Crippen LogP contribution in [0.5, 0.6) is 0 Å². The van der Waals surface area contributed by atoms with Crippen LogP contribution < -0.4 is 0 Å². The third kappa shape index (κ3) is 1.64. The summed E-state index contributed by atoms with van der Waals surface area (Å²) in [6.45, 7) is 2.34. The predicted octanol–water partition coefficient (Wildman–Crippen LogP) is 0.680. The van der Waals surface area contributed by atoms with Crippen molar-refractivity contribution in [2.45, 2.75) is 13.5 Å². The molecule has 0 aliphatic heterocycles. The van der Waals surface area contributed by atoms with Gasteiger partial charge in [-0.2, -0.15) is 5.21 Å². The fraction of sp³-hybridized carbons (Fsp3) is 0.333. The highest BCUT2D eigenvalue weighted by Crippen LogP contribution is 2.03. The van der Waals surface area contributed by atoms with Crippen LogP contribution in [0.15, 0.2) is 10.6 Å². The molecule has 0 aromatic carbocycles. The van der Waals surface area contributed by atoms with E-state index in [0.717, 1.165) is 11.5 Å². The Kier molecular flexibility index (Phi) is 1.93. The van der Waals surface area contributed by atoms with Gasteiger partial charge in [0.05, 0.1) is 5.69 Å². The second kappa shape index (κ2) is 3.09. The normalized spacial score (nSPS) is 10.5. The van der Waals surface area contributed by atoms with Crippen molar-refractivity contribution in [1.82, 2.24) is 25.4 Å². The highest BCUT2D eigenvalue weighted by atomic mass is 32.1. The largest absolute Gasteiger partial charge is 0.359 e. The summed E-state index contributed by atoms with van der Waals surface area (Å²) in [6.07, 6.45) is 0. The number of H-pyrrole nitrogens is 1. The van der Waals surface area contributed by atoms with E-state index >= 15 is 0 Å². The Hall–Kier alpha value is -1.50. The molecule has 0 aliphatic carbocycles. The smallest absolute Gasteiger partial charge is 0.238 e. The van der Waals surface area contributed by atoms with Gasteiger partial charge >= 0.3 is 0 Å². The molecule has 6 nitrogen and oxygen atoms in total. The van der Waals surface area contributed by atoms with Crippen molar-refractivity contribution >= 4 is 12.2 Å². The van der Waals surface area contributed by atoms with E-state index < -0.39 is 0 Å². The zero-order valence-corrected chi connectivity index (χ0v) is 7.71. The van der Waals surface area contributed by atoms with Gasteiger partial charge in [-0.1, -0.05) is 15.5 Å². The first kappa shape index (κ1) is 8.11. The molecule has 0 spiro atoms. The third-order valence-corrected chi connectivity index (χ3v) is 1.82. The summed E-state index contributed by atoms with van der Waals surface area (Å²) in [5.74, 6) is 0.722. The number of hydrogen-bond acceptors (Lipinski definition) is 5. The summed E-state index contributed by atoms with van der Waals surface area (Å²) in [5, 5.41) is 13.6. The van der Waals surface area contributed by atoms with Gasteiger partial charge in [0.15, 0.2) is 5.76 Å². The van der Waals surface area contributed by atoms with E-state index in [9.17, 15) is 0 Å². The number of aryl methyl sites for hydroxylation is 1. The van der Waals surface area contributed by atoms with Crippen LogP contribution in [-0.2, 0) is 6.54 Å². The van der Waals surface area contributed by atoms with Crippen molar-refractivity contribution in [3.05, 3.63) is 22.3 Å². The minimum atomic E-state index is 0.397. The third-order valence-electron chi connectivity index (χ3n) is 1.52. The van der Waals surface area contributed by atoms with Gasteiger partial charge in [-0.05, 0) is 19.1 Å². The maximum Gasteiger partial charge on any atom is 0.238 e. The van der Waals surface area contributed by atoms with E-state index in [0.29, 0.717) is 11.3 Å². The Bertz CT molecular complexity index is 455. The van der Waals surface area contributed by atoms with Gasteiger partial charge in [-0.25, -0.2) is 4.68 Å². The molecule has 2 aromatic rings. The molecule has 1 N–H and O–H groups in total. The van der Waals surface area contributed by atoms with Gasteiger partial charge in [-0.3, -0.25) is 0 Å². The fourth-order valence-corrected chi connectivity index (χ4v) is 1.11. The first-order valence-electron chi connectivity index (χ1n) is 3.66. The molecule has 2 aromatic heterocycles. The van der Waals surface area contributed by atoms with Crippen LogP contribution in [0.2, 0.25) is 0 Å².